The summed E-state index contributed by atoms with van der Waals surface area (Å²) in [6.07, 6.45) is 0. The van der Waals surface area contributed by atoms with Gasteiger partial charge < -0.3 is 4.42 Å². The van der Waals surface area contributed by atoms with Crippen LogP contribution in [-0.2, 0) is 0 Å². The molecule has 2 heterocycles. The number of hydrogen-bond donors (Lipinski definition) is 0. The third kappa shape index (κ3) is 3.42. The van der Waals surface area contributed by atoms with E-state index in [1.165, 1.54) is 11.8 Å². The molecule has 3 aromatic rings. The predicted octanol–water partition coefficient (Wildman–Crippen LogP) is 4.31. The van der Waals surface area contributed by atoms with Crippen LogP contribution < -0.4 is 0 Å². The fourth-order valence-electron chi connectivity index (χ4n) is 2.10. The minimum Gasteiger partial charge on any atom is -0.419 e. The van der Waals surface area contributed by atoms with Gasteiger partial charge in [0.05, 0.1) is 5.25 Å². The highest BCUT2D eigenvalue weighted by Gasteiger charge is 2.18. The smallest absolute Gasteiger partial charge is 0.247 e. The zero-order valence-corrected chi connectivity index (χ0v) is 14.4. The Morgan fingerprint density at radius 3 is 2.26 bits per heavy atom. The Labute approximate surface area is 139 Å². The Morgan fingerprint density at radius 1 is 0.957 bits per heavy atom. The first-order chi connectivity index (χ1) is 11.0. The second kappa shape index (κ2) is 6.50. The molecule has 2 aromatic heterocycles. The van der Waals surface area contributed by atoms with Gasteiger partial charge in [0.2, 0.25) is 11.8 Å². The van der Waals surface area contributed by atoms with Crippen molar-refractivity contribution >= 4 is 11.8 Å². The summed E-state index contributed by atoms with van der Waals surface area (Å²) >= 11 is 1.52. The molecule has 0 bridgehead atoms. The third-order valence-corrected chi connectivity index (χ3v) is 4.65. The van der Waals surface area contributed by atoms with Gasteiger partial charge in [-0.25, -0.2) is 9.97 Å². The molecule has 0 saturated heterocycles. The topological polar surface area (TPSA) is 64.7 Å². The second-order valence-electron chi connectivity index (χ2n) is 5.37. The van der Waals surface area contributed by atoms with Gasteiger partial charge in [0.1, 0.15) is 0 Å². The number of nitrogens with zero attached hydrogens (tertiary/aromatic N) is 4. The van der Waals surface area contributed by atoms with Crippen LogP contribution in [0.5, 0.6) is 0 Å². The molecule has 118 valence electrons. The highest BCUT2D eigenvalue weighted by atomic mass is 32.2. The van der Waals surface area contributed by atoms with Crippen molar-refractivity contribution in [2.45, 2.75) is 38.1 Å². The third-order valence-electron chi connectivity index (χ3n) is 3.70. The van der Waals surface area contributed by atoms with E-state index in [2.05, 4.69) is 20.2 Å². The molecule has 0 amide bonds. The molecule has 3 rings (SSSR count). The summed E-state index contributed by atoms with van der Waals surface area (Å²) in [4.78, 5) is 9.05. The lowest BCUT2D eigenvalue weighted by molar-refractivity contribution is 0.509. The van der Waals surface area contributed by atoms with Crippen molar-refractivity contribution in [1.29, 1.82) is 0 Å². The van der Waals surface area contributed by atoms with Crippen LogP contribution in [0.15, 0.2) is 39.9 Å². The molecule has 1 atom stereocenters. The van der Waals surface area contributed by atoms with E-state index in [1.807, 2.05) is 58.0 Å². The van der Waals surface area contributed by atoms with E-state index in [0.29, 0.717) is 11.8 Å². The maximum atomic E-state index is 5.79. The van der Waals surface area contributed by atoms with E-state index in [-0.39, 0.29) is 5.25 Å². The first kappa shape index (κ1) is 15.7. The van der Waals surface area contributed by atoms with Crippen molar-refractivity contribution in [2.75, 3.05) is 0 Å². The monoisotopic (exact) mass is 326 g/mol. The Hall–Kier alpha value is -2.21. The van der Waals surface area contributed by atoms with Crippen molar-refractivity contribution < 1.29 is 4.42 Å². The summed E-state index contributed by atoms with van der Waals surface area (Å²) in [5, 5.41) is 9.01. The fraction of sp³-hybridized carbons (Fsp3) is 0.294. The molecule has 0 fully saturated rings. The number of rotatable bonds is 4. The van der Waals surface area contributed by atoms with Gasteiger partial charge in [-0.15, -0.1) is 10.2 Å². The van der Waals surface area contributed by atoms with E-state index >= 15 is 0 Å². The fourth-order valence-corrected chi connectivity index (χ4v) is 2.99. The lowest BCUT2D eigenvalue weighted by Gasteiger charge is -2.09. The lowest BCUT2D eigenvalue weighted by Crippen LogP contribution is -1.99. The Bertz CT molecular complexity index is 793. The van der Waals surface area contributed by atoms with Crippen molar-refractivity contribution in [3.05, 3.63) is 53.2 Å². The van der Waals surface area contributed by atoms with E-state index in [4.69, 9.17) is 4.42 Å². The molecule has 6 heteroatoms. The second-order valence-corrected chi connectivity index (χ2v) is 6.68. The van der Waals surface area contributed by atoms with E-state index in [9.17, 15) is 0 Å². The van der Waals surface area contributed by atoms with Crippen molar-refractivity contribution in [1.82, 2.24) is 20.2 Å². The molecular formula is C17H18N4OS. The van der Waals surface area contributed by atoms with Crippen LogP contribution >= 0.6 is 11.8 Å². The quantitative estimate of drug-likeness (QED) is 0.526. The van der Waals surface area contributed by atoms with Crippen LogP contribution in [0.3, 0.4) is 0 Å². The van der Waals surface area contributed by atoms with Crippen LogP contribution in [0.4, 0.5) is 0 Å². The maximum Gasteiger partial charge on any atom is 0.247 e. The summed E-state index contributed by atoms with van der Waals surface area (Å²) in [6.45, 7) is 8.05. The standard InChI is InChI=1S/C17H18N4OS/c1-10-11(2)18-17(19-12(10)3)23-13(4)15-20-21-16(22-15)14-8-6-5-7-9-14/h5-9,13H,1-4H3/t13-/m0/s1. The first-order valence-electron chi connectivity index (χ1n) is 7.42. The zero-order valence-electron chi connectivity index (χ0n) is 13.6. The molecule has 0 aliphatic rings. The molecule has 0 N–H and O–H groups in total. The summed E-state index contributed by atoms with van der Waals surface area (Å²) < 4.78 is 5.79. The average Bonchev–Trinajstić information content (AvgIpc) is 3.03. The molecule has 23 heavy (non-hydrogen) atoms. The van der Waals surface area contributed by atoms with Crippen molar-refractivity contribution in [3.8, 4) is 11.5 Å². The van der Waals surface area contributed by atoms with Gasteiger partial charge in [0.15, 0.2) is 5.16 Å². The summed E-state index contributed by atoms with van der Waals surface area (Å²) in [5.41, 5.74) is 4.05. The normalized spacial score (nSPS) is 12.3. The molecule has 0 unspecified atom stereocenters. The predicted molar refractivity (Wildman–Crippen MR) is 90.2 cm³/mol. The van der Waals surface area contributed by atoms with Gasteiger partial charge in [-0.1, -0.05) is 30.0 Å². The number of hydrogen-bond acceptors (Lipinski definition) is 6. The summed E-state index contributed by atoms with van der Waals surface area (Å²) in [7, 11) is 0. The van der Waals surface area contributed by atoms with Crippen molar-refractivity contribution in [2.24, 2.45) is 0 Å². The van der Waals surface area contributed by atoms with Gasteiger partial charge in [-0.05, 0) is 45.4 Å². The molecule has 0 aliphatic heterocycles. The summed E-state index contributed by atoms with van der Waals surface area (Å²) in [6, 6.07) is 9.75. The number of thioether (sulfide) groups is 1. The van der Waals surface area contributed by atoms with Gasteiger partial charge in [-0.2, -0.15) is 0 Å². The molecule has 1 aromatic carbocycles. The minimum absolute atomic E-state index is 0.0125. The Morgan fingerprint density at radius 2 is 1.61 bits per heavy atom. The van der Waals surface area contributed by atoms with E-state index < -0.39 is 0 Å². The SMILES string of the molecule is Cc1nc(S[C@@H](C)c2nnc(-c3ccccc3)o2)nc(C)c1C. The number of aromatic nitrogens is 4. The minimum atomic E-state index is -0.0125. The molecule has 5 nitrogen and oxygen atoms in total. The summed E-state index contributed by atoms with van der Waals surface area (Å²) in [5.74, 6) is 1.11. The van der Waals surface area contributed by atoms with Crippen LogP contribution in [0.25, 0.3) is 11.5 Å². The molecular weight excluding hydrogens is 308 g/mol. The van der Waals surface area contributed by atoms with Gasteiger partial charge in [-0.3, -0.25) is 0 Å². The molecule has 0 radical (unpaired) electrons. The van der Waals surface area contributed by atoms with Gasteiger partial charge in [0.25, 0.3) is 0 Å². The Kier molecular flexibility index (Phi) is 4.43. The van der Waals surface area contributed by atoms with Gasteiger partial charge in [0, 0.05) is 17.0 Å². The van der Waals surface area contributed by atoms with Crippen molar-refractivity contribution in [3.63, 3.8) is 0 Å². The molecule has 0 spiro atoms. The molecule has 0 aliphatic carbocycles. The van der Waals surface area contributed by atoms with E-state index in [1.54, 1.807) is 0 Å². The van der Waals surface area contributed by atoms with Crippen LogP contribution in [-0.4, -0.2) is 20.2 Å². The lowest BCUT2D eigenvalue weighted by atomic mass is 10.2. The van der Waals surface area contributed by atoms with E-state index in [0.717, 1.165) is 27.7 Å². The number of benzene rings is 1. The average molecular weight is 326 g/mol. The highest BCUT2D eigenvalue weighted by Crippen LogP contribution is 2.33. The zero-order chi connectivity index (χ0) is 16.4. The Balaban J connectivity index is 1.79. The van der Waals surface area contributed by atoms with Crippen LogP contribution in [0.2, 0.25) is 0 Å². The van der Waals surface area contributed by atoms with Crippen LogP contribution in [0, 0.1) is 20.8 Å². The maximum absolute atomic E-state index is 5.79. The van der Waals surface area contributed by atoms with Gasteiger partial charge >= 0.3 is 0 Å². The van der Waals surface area contributed by atoms with Crippen LogP contribution in [0.1, 0.15) is 35.0 Å². The first-order valence-corrected chi connectivity index (χ1v) is 8.30. The largest absolute Gasteiger partial charge is 0.419 e. The highest BCUT2D eigenvalue weighted by molar-refractivity contribution is 7.99. The number of aryl methyl sites for hydroxylation is 2. The molecule has 0 saturated carbocycles.